The minimum atomic E-state index is 0.658. The fourth-order valence-electron chi connectivity index (χ4n) is 10.6. The molecule has 0 saturated heterocycles. The number of hydrogen-bond acceptors (Lipinski definition) is 0. The summed E-state index contributed by atoms with van der Waals surface area (Å²) in [7, 11) is 0. The zero-order valence-electron chi connectivity index (χ0n) is 20.8. The molecular weight excluding hydrogens is 348 g/mol. The Hall–Kier alpha value is 0. The molecule has 4 aliphatic rings. The van der Waals surface area contributed by atoms with E-state index in [-0.39, 0.29) is 0 Å². The fourth-order valence-corrected chi connectivity index (χ4v) is 10.6. The Balaban J connectivity index is 1.51. The first-order valence-electron chi connectivity index (χ1n) is 13.9. The van der Waals surface area contributed by atoms with E-state index >= 15 is 0 Å². The molecule has 0 radical (unpaired) electrons. The smallest absolute Gasteiger partial charge is 0.0261 e. The zero-order chi connectivity index (χ0) is 20.8. The molecule has 9 atom stereocenters. The highest BCUT2D eigenvalue weighted by Gasteiger charge is 2.59. The van der Waals surface area contributed by atoms with Gasteiger partial charge in [-0.2, -0.15) is 0 Å². The Kier molecular flexibility index (Phi) is 6.51. The van der Waals surface area contributed by atoms with Gasteiger partial charge >= 0.3 is 0 Å². The van der Waals surface area contributed by atoms with Crippen molar-refractivity contribution in [2.24, 2.45) is 58.2 Å². The molecule has 29 heavy (non-hydrogen) atoms. The van der Waals surface area contributed by atoms with Crippen molar-refractivity contribution in [1.29, 1.82) is 0 Å². The van der Waals surface area contributed by atoms with Gasteiger partial charge in [-0.1, -0.05) is 60.8 Å². The van der Waals surface area contributed by atoms with Crippen LogP contribution in [0.1, 0.15) is 125 Å². The molecule has 0 aliphatic heterocycles. The maximum atomic E-state index is 2.74. The summed E-state index contributed by atoms with van der Waals surface area (Å²) in [5.41, 5.74) is 1.38. The first-order chi connectivity index (χ1) is 13.9. The normalized spacial score (nSPS) is 47.2. The van der Waals surface area contributed by atoms with E-state index in [0.717, 1.165) is 52.8 Å². The standard InChI is InChI=1S/C29H52/c1-7-14-29(15-8-2)17-13-23-22(19-29)10-11-25-24(23)12-16-28(6)26(25)18-21(5)27(28)20(4)9-3/h20-27H,7-19H2,1-6H3/t20?,21-,22?,23?,24?,25?,26?,27+,28?/m1/s1. The van der Waals surface area contributed by atoms with Crippen LogP contribution in [-0.4, -0.2) is 0 Å². The SMILES string of the molecule is CCCC1(CCC)CCC2C(CCC3C2CCC2(C)C3C[C@@H](C)[C@@H]2C(C)CC)C1. The summed E-state index contributed by atoms with van der Waals surface area (Å²) in [6, 6.07) is 0. The van der Waals surface area contributed by atoms with Gasteiger partial charge in [0.15, 0.2) is 0 Å². The van der Waals surface area contributed by atoms with Crippen molar-refractivity contribution in [3.63, 3.8) is 0 Å². The van der Waals surface area contributed by atoms with Crippen molar-refractivity contribution in [3.05, 3.63) is 0 Å². The van der Waals surface area contributed by atoms with E-state index in [1.807, 2.05) is 0 Å². The highest BCUT2D eigenvalue weighted by molar-refractivity contribution is 5.09. The Morgan fingerprint density at radius 3 is 2.21 bits per heavy atom. The summed E-state index contributed by atoms with van der Waals surface area (Å²) in [6.45, 7) is 15.2. The lowest BCUT2D eigenvalue weighted by atomic mass is 9.47. The summed E-state index contributed by atoms with van der Waals surface area (Å²) < 4.78 is 0. The monoisotopic (exact) mass is 400 g/mol. The Labute approximate surface area is 183 Å². The third kappa shape index (κ3) is 3.65. The largest absolute Gasteiger partial charge is 0.0654 e. The summed E-state index contributed by atoms with van der Waals surface area (Å²) in [6.07, 6.45) is 19.8. The van der Waals surface area contributed by atoms with Crippen molar-refractivity contribution < 1.29 is 0 Å². The average molecular weight is 401 g/mol. The van der Waals surface area contributed by atoms with Gasteiger partial charge in [0, 0.05) is 0 Å². The molecule has 4 fully saturated rings. The van der Waals surface area contributed by atoms with Gasteiger partial charge in [0.1, 0.15) is 0 Å². The summed E-state index contributed by atoms with van der Waals surface area (Å²) in [5.74, 6) is 8.27. The summed E-state index contributed by atoms with van der Waals surface area (Å²) >= 11 is 0. The molecule has 4 saturated carbocycles. The molecule has 0 bridgehead atoms. The van der Waals surface area contributed by atoms with Crippen LogP contribution in [0, 0.1) is 58.2 Å². The van der Waals surface area contributed by atoms with Gasteiger partial charge in [-0.3, -0.25) is 0 Å². The van der Waals surface area contributed by atoms with E-state index in [4.69, 9.17) is 0 Å². The topological polar surface area (TPSA) is 0 Å². The van der Waals surface area contributed by atoms with Crippen LogP contribution < -0.4 is 0 Å². The first-order valence-corrected chi connectivity index (χ1v) is 13.9. The molecule has 0 spiro atoms. The van der Waals surface area contributed by atoms with Crippen LogP contribution in [0.2, 0.25) is 0 Å². The summed E-state index contributed by atoms with van der Waals surface area (Å²) in [5, 5.41) is 0. The van der Waals surface area contributed by atoms with Gasteiger partial charge in [0.25, 0.3) is 0 Å². The lowest BCUT2D eigenvalue weighted by Crippen LogP contribution is -2.50. The van der Waals surface area contributed by atoms with Gasteiger partial charge in [0.2, 0.25) is 0 Å². The second-order valence-electron chi connectivity index (χ2n) is 12.8. The molecule has 0 heteroatoms. The Morgan fingerprint density at radius 2 is 1.55 bits per heavy atom. The fraction of sp³-hybridized carbons (Fsp3) is 1.00. The summed E-state index contributed by atoms with van der Waals surface area (Å²) in [4.78, 5) is 0. The minimum absolute atomic E-state index is 0.658. The maximum Gasteiger partial charge on any atom is -0.0261 e. The van der Waals surface area contributed by atoms with Crippen LogP contribution in [0.15, 0.2) is 0 Å². The Bertz CT molecular complexity index is 542. The molecule has 0 N–H and O–H groups in total. The molecule has 0 aromatic heterocycles. The van der Waals surface area contributed by atoms with Crippen molar-refractivity contribution in [2.75, 3.05) is 0 Å². The molecule has 0 heterocycles. The predicted molar refractivity (Wildman–Crippen MR) is 127 cm³/mol. The van der Waals surface area contributed by atoms with Crippen LogP contribution in [0.4, 0.5) is 0 Å². The van der Waals surface area contributed by atoms with Gasteiger partial charge in [0.05, 0.1) is 0 Å². The molecule has 0 aromatic carbocycles. The van der Waals surface area contributed by atoms with E-state index in [2.05, 4.69) is 41.5 Å². The van der Waals surface area contributed by atoms with Crippen LogP contribution in [0.25, 0.3) is 0 Å². The number of fused-ring (bicyclic) bond motifs is 5. The van der Waals surface area contributed by atoms with E-state index in [1.165, 1.54) is 32.1 Å². The molecular formula is C29H52. The van der Waals surface area contributed by atoms with Crippen molar-refractivity contribution in [3.8, 4) is 0 Å². The van der Waals surface area contributed by atoms with Crippen LogP contribution in [-0.2, 0) is 0 Å². The van der Waals surface area contributed by atoms with Crippen LogP contribution in [0.3, 0.4) is 0 Å². The van der Waals surface area contributed by atoms with E-state index < -0.39 is 0 Å². The van der Waals surface area contributed by atoms with Crippen LogP contribution >= 0.6 is 0 Å². The highest BCUT2D eigenvalue weighted by Crippen LogP contribution is 2.67. The number of hydrogen-bond donors (Lipinski definition) is 0. The molecule has 168 valence electrons. The predicted octanol–water partition coefficient (Wildman–Crippen LogP) is 9.13. The second-order valence-corrected chi connectivity index (χ2v) is 12.8. The van der Waals surface area contributed by atoms with Crippen molar-refractivity contribution in [1.82, 2.24) is 0 Å². The number of rotatable bonds is 6. The van der Waals surface area contributed by atoms with Gasteiger partial charge < -0.3 is 0 Å². The van der Waals surface area contributed by atoms with E-state index in [9.17, 15) is 0 Å². The van der Waals surface area contributed by atoms with Crippen molar-refractivity contribution in [2.45, 2.75) is 125 Å². The third-order valence-corrected chi connectivity index (χ3v) is 11.5. The maximum absolute atomic E-state index is 2.74. The molecule has 4 rings (SSSR count). The molecule has 0 nitrogen and oxygen atoms in total. The molecule has 4 aliphatic carbocycles. The first kappa shape index (κ1) is 22.2. The van der Waals surface area contributed by atoms with Gasteiger partial charge in [-0.25, -0.2) is 0 Å². The molecule has 0 amide bonds. The third-order valence-electron chi connectivity index (χ3n) is 11.5. The lowest BCUT2D eigenvalue weighted by molar-refractivity contribution is -0.0876. The minimum Gasteiger partial charge on any atom is -0.0654 e. The quantitative estimate of drug-likeness (QED) is 0.417. The zero-order valence-corrected chi connectivity index (χ0v) is 20.8. The van der Waals surface area contributed by atoms with Crippen LogP contribution in [0.5, 0.6) is 0 Å². The van der Waals surface area contributed by atoms with Gasteiger partial charge in [-0.15, -0.1) is 0 Å². The lowest BCUT2D eigenvalue weighted by Gasteiger charge is -2.58. The van der Waals surface area contributed by atoms with Gasteiger partial charge in [-0.05, 0) is 122 Å². The molecule has 0 aromatic rings. The average Bonchev–Trinajstić information content (AvgIpc) is 2.97. The Morgan fingerprint density at radius 1 is 0.862 bits per heavy atom. The van der Waals surface area contributed by atoms with E-state index in [1.54, 1.807) is 51.4 Å². The van der Waals surface area contributed by atoms with E-state index in [0.29, 0.717) is 5.41 Å². The molecule has 7 unspecified atom stereocenters. The second kappa shape index (κ2) is 8.50. The van der Waals surface area contributed by atoms with Crippen molar-refractivity contribution >= 4 is 0 Å². The highest BCUT2D eigenvalue weighted by atomic mass is 14.6.